The van der Waals surface area contributed by atoms with Gasteiger partial charge in [0, 0.05) is 0 Å². The van der Waals surface area contributed by atoms with Crippen molar-refractivity contribution in [3.05, 3.63) is 63.6 Å². The number of carbonyl (C=O) groups excluding carboxylic acids is 2. The Morgan fingerprint density at radius 2 is 1.86 bits per heavy atom. The third kappa shape index (κ3) is 4.15. The number of halogens is 1. The summed E-state index contributed by atoms with van der Waals surface area (Å²) in [7, 11) is 0. The summed E-state index contributed by atoms with van der Waals surface area (Å²) >= 11 is 8.67. The van der Waals surface area contributed by atoms with E-state index in [9.17, 15) is 9.59 Å². The van der Waals surface area contributed by atoms with Crippen molar-refractivity contribution >= 4 is 56.8 Å². The van der Waals surface area contributed by atoms with Crippen LogP contribution in [0.3, 0.4) is 0 Å². The number of nitrogens with zero attached hydrogens (tertiary/aromatic N) is 1. The average molecular weight is 459 g/mol. The molecule has 0 radical (unpaired) electrons. The number of hydrogen-bond acceptors (Lipinski definition) is 4. The number of nitrogens with one attached hydrogen (secondary N) is 1. The van der Waals surface area contributed by atoms with Crippen molar-refractivity contribution < 1.29 is 14.3 Å². The summed E-state index contributed by atoms with van der Waals surface area (Å²) in [5.74, 6) is -0.271. The molecule has 2 aromatic carbocycles. The lowest BCUT2D eigenvalue weighted by Crippen LogP contribution is -2.54. The van der Waals surface area contributed by atoms with Crippen LogP contribution < -0.4 is 15.0 Å². The molecule has 5 nitrogen and oxygen atoms in total. The molecule has 1 aliphatic heterocycles. The highest BCUT2D eigenvalue weighted by molar-refractivity contribution is 9.10. The van der Waals surface area contributed by atoms with E-state index in [0.717, 1.165) is 16.5 Å². The van der Waals surface area contributed by atoms with Crippen molar-refractivity contribution in [2.45, 2.75) is 20.3 Å². The van der Waals surface area contributed by atoms with E-state index in [-0.39, 0.29) is 10.7 Å². The van der Waals surface area contributed by atoms with Gasteiger partial charge in [-0.1, -0.05) is 25.1 Å². The zero-order chi connectivity index (χ0) is 20.3. The topological polar surface area (TPSA) is 58.6 Å². The van der Waals surface area contributed by atoms with Gasteiger partial charge in [-0.3, -0.25) is 19.8 Å². The lowest BCUT2D eigenvalue weighted by atomic mass is 10.1. The van der Waals surface area contributed by atoms with Crippen LogP contribution in [0.5, 0.6) is 5.75 Å². The first-order valence-corrected chi connectivity index (χ1v) is 10.1. The maximum Gasteiger partial charge on any atom is 0.270 e. The number of rotatable bonds is 5. The molecule has 2 amide bonds. The third-order valence-electron chi connectivity index (χ3n) is 4.27. The summed E-state index contributed by atoms with van der Waals surface area (Å²) < 4.78 is 6.24. The number of hydrogen-bond donors (Lipinski definition) is 1. The Bertz CT molecular complexity index is 970. The minimum absolute atomic E-state index is 0.0178. The maximum absolute atomic E-state index is 13.0. The molecule has 2 aromatic rings. The van der Waals surface area contributed by atoms with Gasteiger partial charge in [0.25, 0.3) is 11.8 Å². The van der Waals surface area contributed by atoms with Crippen molar-refractivity contribution in [1.82, 2.24) is 5.32 Å². The van der Waals surface area contributed by atoms with Gasteiger partial charge in [0.1, 0.15) is 11.3 Å². The second-order valence-corrected chi connectivity index (χ2v) is 7.34. The Hall–Kier alpha value is -2.51. The quantitative estimate of drug-likeness (QED) is 0.413. The van der Waals surface area contributed by atoms with Gasteiger partial charge in [-0.05, 0) is 83.0 Å². The van der Waals surface area contributed by atoms with Gasteiger partial charge < -0.3 is 4.74 Å². The smallest absolute Gasteiger partial charge is 0.270 e. The molecule has 1 heterocycles. The molecular formula is C21H19BrN2O3S. The molecule has 0 aliphatic carbocycles. The molecule has 1 N–H and O–H groups in total. The van der Waals surface area contributed by atoms with E-state index in [4.69, 9.17) is 17.0 Å². The normalized spacial score (nSPS) is 15.8. The summed E-state index contributed by atoms with van der Waals surface area (Å²) in [6.07, 6.45) is 2.44. The maximum atomic E-state index is 13.0. The molecular weight excluding hydrogens is 440 g/mol. The average Bonchev–Trinajstić information content (AvgIpc) is 2.67. The van der Waals surface area contributed by atoms with Gasteiger partial charge in [0.2, 0.25) is 0 Å². The van der Waals surface area contributed by atoms with E-state index in [1.807, 2.05) is 31.2 Å². The number of carbonyl (C=O) groups is 2. The Morgan fingerprint density at radius 1 is 1.14 bits per heavy atom. The number of anilines is 1. The van der Waals surface area contributed by atoms with E-state index in [2.05, 4.69) is 28.2 Å². The van der Waals surface area contributed by atoms with Gasteiger partial charge in [0.05, 0.1) is 16.8 Å². The zero-order valence-electron chi connectivity index (χ0n) is 15.5. The number of benzene rings is 2. The Morgan fingerprint density at radius 3 is 2.46 bits per heavy atom. The van der Waals surface area contributed by atoms with Gasteiger partial charge in [-0.2, -0.15) is 0 Å². The fourth-order valence-corrected chi connectivity index (χ4v) is 3.61. The second kappa shape index (κ2) is 8.67. The van der Waals surface area contributed by atoms with Crippen LogP contribution in [0, 0.1) is 0 Å². The van der Waals surface area contributed by atoms with Gasteiger partial charge >= 0.3 is 0 Å². The predicted molar refractivity (Wildman–Crippen MR) is 117 cm³/mol. The van der Waals surface area contributed by atoms with Crippen molar-refractivity contribution in [1.29, 1.82) is 0 Å². The first-order valence-electron chi connectivity index (χ1n) is 8.87. The van der Waals surface area contributed by atoms with Crippen molar-refractivity contribution in [2.24, 2.45) is 0 Å². The third-order valence-corrected chi connectivity index (χ3v) is 5.18. The first kappa shape index (κ1) is 20.2. The van der Waals surface area contributed by atoms with Crippen LogP contribution in [0.2, 0.25) is 0 Å². The molecule has 144 valence electrons. The highest BCUT2D eigenvalue weighted by Gasteiger charge is 2.34. The minimum atomic E-state index is -0.513. The molecule has 1 aliphatic rings. The SMILES string of the molecule is CCOc1ccc(C=C2C(=O)NC(=S)N(c3ccc(CC)cc3)C2=O)cc1Br. The highest BCUT2D eigenvalue weighted by atomic mass is 79.9. The van der Waals surface area contributed by atoms with Crippen LogP contribution in [-0.2, 0) is 16.0 Å². The lowest BCUT2D eigenvalue weighted by Gasteiger charge is -2.29. The van der Waals surface area contributed by atoms with Crippen LogP contribution in [0.25, 0.3) is 6.08 Å². The molecule has 0 atom stereocenters. The molecule has 3 rings (SSSR count). The Labute approximate surface area is 177 Å². The highest BCUT2D eigenvalue weighted by Crippen LogP contribution is 2.28. The predicted octanol–water partition coefficient (Wildman–Crippen LogP) is 4.24. The standard InChI is InChI=1S/C21H19BrN2O3S/c1-3-13-5-8-15(9-6-13)24-20(26)16(19(25)23-21(24)28)11-14-7-10-18(27-4-2)17(22)12-14/h5-12H,3-4H2,1-2H3,(H,23,25,28). The first-order chi connectivity index (χ1) is 13.4. The van der Waals surface area contributed by atoms with Crippen LogP contribution in [-0.4, -0.2) is 23.5 Å². The summed E-state index contributed by atoms with van der Waals surface area (Å²) in [4.78, 5) is 26.8. The fraction of sp³-hybridized carbons (Fsp3) is 0.190. The molecule has 1 saturated heterocycles. The zero-order valence-corrected chi connectivity index (χ0v) is 17.9. The van der Waals surface area contributed by atoms with Crippen LogP contribution in [0.15, 0.2) is 52.5 Å². The van der Waals surface area contributed by atoms with Gasteiger partial charge in [-0.15, -0.1) is 0 Å². The molecule has 0 spiro atoms. The summed E-state index contributed by atoms with van der Waals surface area (Å²) in [6.45, 7) is 4.50. The number of amides is 2. The van der Waals surface area contributed by atoms with Crippen molar-refractivity contribution in [2.75, 3.05) is 11.5 Å². The van der Waals surface area contributed by atoms with Gasteiger partial charge in [-0.25, -0.2) is 0 Å². The number of ether oxygens (including phenoxy) is 1. The summed E-state index contributed by atoms with van der Waals surface area (Å²) in [5.41, 5.74) is 2.48. The molecule has 0 aromatic heterocycles. The van der Waals surface area contributed by atoms with E-state index >= 15 is 0 Å². The second-order valence-electron chi connectivity index (χ2n) is 6.10. The molecule has 0 saturated carbocycles. The van der Waals surface area contributed by atoms with Crippen molar-refractivity contribution in [3.63, 3.8) is 0 Å². The Balaban J connectivity index is 1.95. The minimum Gasteiger partial charge on any atom is -0.493 e. The van der Waals surface area contributed by atoms with E-state index in [0.29, 0.717) is 23.6 Å². The largest absolute Gasteiger partial charge is 0.493 e. The molecule has 7 heteroatoms. The molecule has 0 unspecified atom stereocenters. The van der Waals surface area contributed by atoms with Crippen LogP contribution in [0.4, 0.5) is 5.69 Å². The van der Waals surface area contributed by atoms with Crippen molar-refractivity contribution in [3.8, 4) is 5.75 Å². The number of thiocarbonyl (C=S) groups is 1. The van der Waals surface area contributed by atoms with Crippen LogP contribution >= 0.6 is 28.1 Å². The Kier molecular flexibility index (Phi) is 6.26. The monoisotopic (exact) mass is 458 g/mol. The molecule has 1 fully saturated rings. The number of aryl methyl sites for hydroxylation is 1. The van der Waals surface area contributed by atoms with Gasteiger partial charge in [0.15, 0.2) is 5.11 Å². The summed E-state index contributed by atoms with van der Waals surface area (Å²) in [6, 6.07) is 12.9. The lowest BCUT2D eigenvalue weighted by molar-refractivity contribution is -0.122. The fourth-order valence-electron chi connectivity index (χ4n) is 2.82. The van der Waals surface area contributed by atoms with E-state index in [1.54, 1.807) is 24.3 Å². The van der Waals surface area contributed by atoms with E-state index < -0.39 is 11.8 Å². The summed E-state index contributed by atoms with van der Waals surface area (Å²) in [5, 5.41) is 2.67. The van der Waals surface area contributed by atoms with Crippen LogP contribution in [0.1, 0.15) is 25.0 Å². The van der Waals surface area contributed by atoms with E-state index in [1.165, 1.54) is 4.90 Å². The molecule has 0 bridgehead atoms. The molecule has 28 heavy (non-hydrogen) atoms.